The van der Waals surface area contributed by atoms with Gasteiger partial charge < -0.3 is 9.47 Å². The first-order valence-corrected chi connectivity index (χ1v) is 17.3. The molecular formula is C39H50N4O3. The lowest BCUT2D eigenvalue weighted by atomic mass is 10.1. The molecule has 0 spiro atoms. The molecule has 0 saturated carbocycles. The molecule has 2 aromatic carbocycles. The van der Waals surface area contributed by atoms with Crippen molar-refractivity contribution in [1.29, 1.82) is 0 Å². The number of benzene rings is 2. The maximum absolute atomic E-state index is 12.7. The molecule has 0 fully saturated rings. The summed E-state index contributed by atoms with van der Waals surface area (Å²) in [7, 11) is 0. The Morgan fingerprint density at radius 1 is 0.565 bits per heavy atom. The number of rotatable bonds is 20. The molecule has 4 rings (SSSR count). The predicted molar refractivity (Wildman–Crippen MR) is 185 cm³/mol. The van der Waals surface area contributed by atoms with Crippen LogP contribution in [0.5, 0.6) is 11.5 Å². The summed E-state index contributed by atoms with van der Waals surface area (Å²) in [5, 5.41) is 0. The second-order valence-corrected chi connectivity index (χ2v) is 12.1. The van der Waals surface area contributed by atoms with Crippen LogP contribution >= 0.6 is 0 Å². The zero-order valence-electron chi connectivity index (χ0n) is 27.9. The Balaban J connectivity index is 1.20. The van der Waals surface area contributed by atoms with E-state index in [1.165, 1.54) is 82.6 Å². The summed E-state index contributed by atoms with van der Waals surface area (Å²) in [6.07, 6.45) is 24.2. The normalized spacial score (nSPS) is 11.7. The first-order chi connectivity index (χ1) is 22.6. The van der Waals surface area contributed by atoms with E-state index >= 15 is 0 Å². The van der Waals surface area contributed by atoms with Gasteiger partial charge in [-0.3, -0.25) is 0 Å². The van der Waals surface area contributed by atoms with Crippen LogP contribution in [0.1, 0.15) is 109 Å². The van der Waals surface area contributed by atoms with Gasteiger partial charge in [0.25, 0.3) is 0 Å². The molecular weight excluding hydrogens is 572 g/mol. The molecule has 0 radical (unpaired) electrons. The van der Waals surface area contributed by atoms with Gasteiger partial charge in [0.2, 0.25) is 0 Å². The molecule has 0 amide bonds. The van der Waals surface area contributed by atoms with Gasteiger partial charge in [0.05, 0.1) is 0 Å². The van der Waals surface area contributed by atoms with Crippen molar-refractivity contribution < 1.29 is 14.3 Å². The summed E-state index contributed by atoms with van der Waals surface area (Å²) in [5.41, 5.74) is 4.09. The van der Waals surface area contributed by atoms with Crippen LogP contribution in [0.2, 0.25) is 0 Å². The highest BCUT2D eigenvalue weighted by atomic mass is 16.6. The van der Waals surface area contributed by atoms with Crippen molar-refractivity contribution in [3.63, 3.8) is 0 Å². The van der Waals surface area contributed by atoms with Crippen molar-refractivity contribution in [3.05, 3.63) is 84.4 Å². The Morgan fingerprint density at radius 2 is 0.957 bits per heavy atom. The fourth-order valence-corrected chi connectivity index (χ4v) is 5.29. The van der Waals surface area contributed by atoms with Crippen LogP contribution in [0.4, 0.5) is 0 Å². The number of carbonyl (C=O) groups excluding carboxylic acids is 1. The Bertz CT molecular complexity index is 1420. The molecule has 0 unspecified atom stereocenters. The van der Waals surface area contributed by atoms with Gasteiger partial charge in [-0.1, -0.05) is 78.1 Å². The predicted octanol–water partition coefficient (Wildman–Crippen LogP) is 9.78. The van der Waals surface area contributed by atoms with E-state index in [1.807, 2.05) is 61.2 Å². The molecule has 2 heterocycles. The average Bonchev–Trinajstić information content (AvgIpc) is 3.09. The number of carbonyl (C=O) groups is 1. The first kappa shape index (κ1) is 34.7. The summed E-state index contributed by atoms with van der Waals surface area (Å²) in [6, 6.07) is 14.7. The van der Waals surface area contributed by atoms with Crippen LogP contribution in [0.25, 0.3) is 22.8 Å². The van der Waals surface area contributed by atoms with Crippen LogP contribution in [-0.2, 0) is 17.6 Å². The summed E-state index contributed by atoms with van der Waals surface area (Å²) >= 11 is 0. The van der Waals surface area contributed by atoms with Gasteiger partial charge in [0.15, 0.2) is 17.8 Å². The standard InChI is InChI=1S/C39H50N4O3/c1-4-6-8-10-12-14-16-31-26-40-37(41-27-31)33-18-22-35(23-19-33)45-30(3)39(44)46-36-24-20-34(21-25-36)38-42-28-32(29-43-38)17-15-13-11-9-7-5-2/h18-30H,4-17H2,1-3H3/t30-/m1/s1. The molecule has 0 bridgehead atoms. The monoisotopic (exact) mass is 622 g/mol. The van der Waals surface area contributed by atoms with E-state index in [9.17, 15) is 4.79 Å². The second-order valence-electron chi connectivity index (χ2n) is 12.1. The largest absolute Gasteiger partial charge is 0.479 e. The molecule has 46 heavy (non-hydrogen) atoms. The molecule has 0 saturated heterocycles. The molecule has 7 heteroatoms. The molecule has 7 nitrogen and oxygen atoms in total. The van der Waals surface area contributed by atoms with E-state index in [0.717, 1.165) is 29.5 Å². The van der Waals surface area contributed by atoms with Gasteiger partial charge in [-0.15, -0.1) is 0 Å². The van der Waals surface area contributed by atoms with Crippen molar-refractivity contribution in [2.45, 2.75) is 117 Å². The zero-order chi connectivity index (χ0) is 32.4. The Hall–Kier alpha value is -4.13. The van der Waals surface area contributed by atoms with Crippen molar-refractivity contribution in [3.8, 4) is 34.3 Å². The summed E-state index contributed by atoms with van der Waals surface area (Å²) in [5.74, 6) is 1.86. The highest BCUT2D eigenvalue weighted by Gasteiger charge is 2.18. The minimum Gasteiger partial charge on any atom is -0.479 e. The van der Waals surface area contributed by atoms with Gasteiger partial charge in [-0.25, -0.2) is 24.7 Å². The van der Waals surface area contributed by atoms with E-state index in [4.69, 9.17) is 9.47 Å². The summed E-state index contributed by atoms with van der Waals surface area (Å²) < 4.78 is 11.4. The quantitative estimate of drug-likeness (QED) is 0.0551. The third-order valence-electron chi connectivity index (χ3n) is 8.14. The number of esters is 1. The van der Waals surface area contributed by atoms with Crippen molar-refractivity contribution in [2.24, 2.45) is 0 Å². The average molecular weight is 623 g/mol. The topological polar surface area (TPSA) is 87.1 Å². The fourth-order valence-electron chi connectivity index (χ4n) is 5.29. The molecule has 4 aromatic rings. The Labute approximate surface area is 275 Å². The van der Waals surface area contributed by atoms with Crippen LogP contribution in [0.15, 0.2) is 73.3 Å². The van der Waals surface area contributed by atoms with Crippen molar-refractivity contribution >= 4 is 5.97 Å². The Morgan fingerprint density at radius 3 is 1.39 bits per heavy atom. The minimum absolute atomic E-state index is 0.441. The van der Waals surface area contributed by atoms with Gasteiger partial charge in [-0.05, 0) is 92.3 Å². The molecule has 2 aromatic heterocycles. The molecule has 0 N–H and O–H groups in total. The van der Waals surface area contributed by atoms with Crippen LogP contribution in [0.3, 0.4) is 0 Å². The minimum atomic E-state index is -0.787. The van der Waals surface area contributed by atoms with Gasteiger partial charge in [-0.2, -0.15) is 0 Å². The maximum Gasteiger partial charge on any atom is 0.352 e. The highest BCUT2D eigenvalue weighted by molar-refractivity contribution is 5.77. The molecule has 244 valence electrons. The van der Waals surface area contributed by atoms with Crippen LogP contribution < -0.4 is 9.47 Å². The molecule has 0 aliphatic carbocycles. The fraction of sp³-hybridized carbons (Fsp3) is 0.462. The van der Waals surface area contributed by atoms with E-state index < -0.39 is 12.1 Å². The van der Waals surface area contributed by atoms with Gasteiger partial charge >= 0.3 is 5.97 Å². The van der Waals surface area contributed by atoms with Gasteiger partial charge in [0.1, 0.15) is 11.5 Å². The van der Waals surface area contributed by atoms with E-state index in [1.54, 1.807) is 19.1 Å². The zero-order valence-corrected chi connectivity index (χ0v) is 27.9. The smallest absolute Gasteiger partial charge is 0.352 e. The number of hydrogen-bond acceptors (Lipinski definition) is 7. The molecule has 1 atom stereocenters. The lowest BCUT2D eigenvalue weighted by Gasteiger charge is -2.14. The third kappa shape index (κ3) is 11.7. The van der Waals surface area contributed by atoms with E-state index in [0.29, 0.717) is 23.1 Å². The van der Waals surface area contributed by atoms with Crippen LogP contribution in [0, 0.1) is 0 Å². The number of unbranched alkanes of at least 4 members (excludes halogenated alkanes) is 10. The number of nitrogens with zero attached hydrogens (tertiary/aromatic N) is 4. The lowest BCUT2D eigenvalue weighted by Crippen LogP contribution is -2.28. The van der Waals surface area contributed by atoms with Crippen molar-refractivity contribution in [2.75, 3.05) is 0 Å². The number of aryl methyl sites for hydroxylation is 2. The summed E-state index contributed by atoms with van der Waals surface area (Å²) in [4.78, 5) is 30.9. The second kappa shape index (κ2) is 19.4. The summed E-state index contributed by atoms with van der Waals surface area (Å²) in [6.45, 7) is 6.16. The highest BCUT2D eigenvalue weighted by Crippen LogP contribution is 2.23. The number of ether oxygens (including phenoxy) is 2. The van der Waals surface area contributed by atoms with E-state index in [2.05, 4.69) is 33.8 Å². The van der Waals surface area contributed by atoms with Crippen molar-refractivity contribution in [1.82, 2.24) is 19.9 Å². The number of aromatic nitrogens is 4. The maximum atomic E-state index is 12.7. The SMILES string of the molecule is CCCCCCCCc1cnc(-c2ccc(OC(=O)[C@@H](C)Oc3ccc(-c4ncc(CCCCCCCC)cn4)cc3)cc2)nc1. The Kier molecular flexibility index (Phi) is 14.6. The lowest BCUT2D eigenvalue weighted by molar-refractivity contribution is -0.141. The van der Waals surface area contributed by atoms with Gasteiger partial charge in [0, 0.05) is 35.9 Å². The molecule has 0 aliphatic rings. The third-order valence-corrected chi connectivity index (χ3v) is 8.14. The van der Waals surface area contributed by atoms with E-state index in [-0.39, 0.29) is 0 Å². The first-order valence-electron chi connectivity index (χ1n) is 17.3. The number of hydrogen-bond donors (Lipinski definition) is 0. The van der Waals surface area contributed by atoms with Crippen LogP contribution in [-0.4, -0.2) is 32.0 Å². The molecule has 0 aliphatic heterocycles.